The normalized spacial score (nSPS) is 14.5. The summed E-state index contributed by atoms with van der Waals surface area (Å²) in [4.78, 5) is 5.59. The third kappa shape index (κ3) is 8.31. The average molecular weight is 798 g/mol. The second kappa shape index (κ2) is 19.3. The van der Waals surface area contributed by atoms with Crippen molar-refractivity contribution >= 4 is 5.57 Å². The fourth-order valence-corrected chi connectivity index (χ4v) is 9.41. The monoisotopic (exact) mass is 798 g/mol. The van der Waals surface area contributed by atoms with Crippen LogP contribution in [0.1, 0.15) is 113 Å². The van der Waals surface area contributed by atoms with E-state index in [2.05, 4.69) is 199 Å². The summed E-state index contributed by atoms with van der Waals surface area (Å²) in [7, 11) is 6.68. The minimum absolute atomic E-state index is 0.441. The van der Waals surface area contributed by atoms with Gasteiger partial charge in [-0.2, -0.15) is 0 Å². The average Bonchev–Trinajstić information content (AvgIpc) is 3.75. The van der Waals surface area contributed by atoms with Crippen LogP contribution >= 0.6 is 0 Å². The van der Waals surface area contributed by atoms with Gasteiger partial charge >= 0.3 is 0 Å². The van der Waals surface area contributed by atoms with Crippen molar-refractivity contribution in [3.05, 3.63) is 148 Å². The number of unbranched alkanes of at least 4 members (excludes halogenated alkanes) is 1. The molecule has 4 nitrogen and oxygen atoms in total. The van der Waals surface area contributed by atoms with E-state index in [1.165, 1.54) is 103 Å². The molecule has 7 rings (SSSR count). The van der Waals surface area contributed by atoms with Crippen LogP contribution in [0.3, 0.4) is 0 Å². The molecule has 312 valence electrons. The van der Waals surface area contributed by atoms with Crippen LogP contribution in [-0.2, 0) is 21.1 Å². The van der Waals surface area contributed by atoms with Gasteiger partial charge in [0.15, 0.2) is 11.4 Å². The molecule has 0 saturated carbocycles. The molecule has 0 fully saturated rings. The predicted octanol–water partition coefficient (Wildman–Crippen LogP) is 14.8. The van der Waals surface area contributed by atoms with Gasteiger partial charge in [0.05, 0.1) is 31.0 Å². The maximum atomic E-state index is 5.59. The highest BCUT2D eigenvalue weighted by Gasteiger charge is 2.34. The Kier molecular flexibility index (Phi) is 14.2. The fraction of sp³-hybridized carbons (Fsp3) is 0.357. The van der Waals surface area contributed by atoms with Crippen molar-refractivity contribution in [3.63, 3.8) is 0 Å². The Bertz CT molecular complexity index is 2490. The molecule has 2 heterocycles. The first kappa shape index (κ1) is 44.1. The van der Waals surface area contributed by atoms with E-state index in [0.29, 0.717) is 11.8 Å². The quantitative estimate of drug-likeness (QED) is 0.0895. The van der Waals surface area contributed by atoms with E-state index in [1.807, 2.05) is 13.8 Å². The van der Waals surface area contributed by atoms with Crippen LogP contribution in [0, 0.1) is 33.6 Å². The topological polar surface area (TPSA) is 26.6 Å². The first-order valence-corrected chi connectivity index (χ1v) is 22.5. The summed E-state index contributed by atoms with van der Waals surface area (Å²) in [6.07, 6.45) is 15.2. The molecule has 60 heavy (non-hydrogen) atoms. The number of rotatable bonds is 12. The van der Waals surface area contributed by atoms with E-state index in [4.69, 9.17) is 4.98 Å². The van der Waals surface area contributed by atoms with E-state index in [-0.39, 0.29) is 0 Å². The van der Waals surface area contributed by atoms with E-state index >= 15 is 0 Å². The van der Waals surface area contributed by atoms with Gasteiger partial charge in [-0.1, -0.05) is 162 Å². The molecule has 0 bridgehead atoms. The molecule has 0 spiro atoms. The van der Waals surface area contributed by atoms with Crippen molar-refractivity contribution in [1.29, 1.82) is 0 Å². The van der Waals surface area contributed by atoms with Gasteiger partial charge in [-0.25, -0.2) is 14.1 Å². The van der Waals surface area contributed by atoms with Crippen LogP contribution in [0.2, 0.25) is 0 Å². The summed E-state index contributed by atoms with van der Waals surface area (Å²) < 4.78 is 7.19. The van der Waals surface area contributed by atoms with E-state index < -0.39 is 0 Å². The van der Waals surface area contributed by atoms with E-state index in [1.54, 1.807) is 0 Å². The number of imidazole rings is 2. The number of benzene rings is 4. The minimum Gasteiger partial charge on any atom is -0.327 e. The lowest BCUT2D eigenvalue weighted by Crippen LogP contribution is -2.32. The molecular weight excluding hydrogens is 729 g/mol. The molecule has 2 unspecified atom stereocenters. The molecule has 4 heteroatoms. The smallest absolute Gasteiger partial charge is 0.289 e. The van der Waals surface area contributed by atoms with Crippen LogP contribution < -0.4 is 4.57 Å². The summed E-state index contributed by atoms with van der Waals surface area (Å²) in [5.41, 5.74) is 19.9. The Hall–Kier alpha value is -5.48. The van der Waals surface area contributed by atoms with E-state index in [9.17, 15) is 0 Å². The lowest BCUT2D eigenvalue weighted by atomic mass is 9.88. The van der Waals surface area contributed by atoms with Gasteiger partial charge in [0.25, 0.3) is 5.82 Å². The number of hydrogen-bond acceptors (Lipinski definition) is 1. The second-order valence-electron chi connectivity index (χ2n) is 16.7. The second-order valence-corrected chi connectivity index (χ2v) is 16.7. The van der Waals surface area contributed by atoms with Gasteiger partial charge in [0.1, 0.15) is 5.82 Å². The van der Waals surface area contributed by atoms with Gasteiger partial charge in [-0.3, -0.25) is 0 Å². The Morgan fingerprint density at radius 3 is 1.87 bits per heavy atom. The molecule has 4 aromatic carbocycles. The summed E-state index contributed by atoms with van der Waals surface area (Å²) in [5, 5.41) is 0. The standard InChI is InChI=1S/C54H63N4.C2H6/c1-12-14-22-36(4)42-27-31-43(32-28-42)49-50(44-23-17-15-18-24-44)56(9)53(55-49)47-37(5)39(7)48(40(8)38(47)6)54-57(10)51(45-25-19-16-20-26-45)52(58(54)11)46-33-29-41(30-34-46)35(3)21-13-2;1-2/h15-20,22-27,29-35,42H,12-14,21,28H2,1-11H3;1-2H3/q+1;. The molecule has 2 atom stereocenters. The Labute approximate surface area is 362 Å². The van der Waals surface area contributed by atoms with Crippen molar-refractivity contribution in [2.24, 2.45) is 27.1 Å². The molecule has 0 amide bonds. The highest BCUT2D eigenvalue weighted by molar-refractivity contribution is 5.88. The van der Waals surface area contributed by atoms with E-state index in [0.717, 1.165) is 30.1 Å². The first-order chi connectivity index (χ1) is 29.0. The van der Waals surface area contributed by atoms with Gasteiger partial charge < -0.3 is 4.57 Å². The summed E-state index contributed by atoms with van der Waals surface area (Å²) in [6.45, 7) is 22.4. The van der Waals surface area contributed by atoms with Crippen LogP contribution in [0.5, 0.6) is 0 Å². The zero-order chi connectivity index (χ0) is 43.2. The largest absolute Gasteiger partial charge is 0.327 e. The Balaban J connectivity index is 0.00000297. The molecule has 6 aromatic rings. The molecule has 0 radical (unpaired) electrons. The fourth-order valence-electron chi connectivity index (χ4n) is 9.41. The highest BCUT2D eigenvalue weighted by Crippen LogP contribution is 2.43. The molecular formula is C56H69N4+. The molecule has 1 aliphatic carbocycles. The Morgan fingerprint density at radius 2 is 1.32 bits per heavy atom. The third-order valence-electron chi connectivity index (χ3n) is 13.0. The SMILES string of the molecule is CC.CCCC=C(C)C1C=CC(c2nc(-c3c(C)c(C)c(-c4n(C)c(-c5ccc(C(C)CCC)cc5)c(-c5ccccc5)[n+]4C)c(C)c3C)n(C)c2-c2ccccc2)=CC1. The molecule has 2 aromatic heterocycles. The molecule has 0 N–H and O–H groups in total. The minimum atomic E-state index is 0.441. The number of allylic oxidation sites excluding steroid dienone is 6. The first-order valence-electron chi connectivity index (χ1n) is 22.5. The van der Waals surface area contributed by atoms with Crippen LogP contribution in [0.15, 0.2) is 115 Å². The highest BCUT2D eigenvalue weighted by atomic mass is 15.2. The maximum Gasteiger partial charge on any atom is 0.289 e. The zero-order valence-corrected chi connectivity index (χ0v) is 38.9. The van der Waals surface area contributed by atoms with Gasteiger partial charge in [0, 0.05) is 35.2 Å². The summed E-state index contributed by atoms with van der Waals surface area (Å²) in [6, 6.07) is 31.0. The maximum absolute atomic E-state index is 5.59. The van der Waals surface area contributed by atoms with Gasteiger partial charge in [-0.15, -0.1) is 0 Å². The lowest BCUT2D eigenvalue weighted by molar-refractivity contribution is -0.648. The number of aromatic nitrogens is 4. The lowest BCUT2D eigenvalue weighted by Gasteiger charge is -2.19. The third-order valence-corrected chi connectivity index (χ3v) is 13.0. The summed E-state index contributed by atoms with van der Waals surface area (Å²) in [5.74, 6) is 3.20. The van der Waals surface area contributed by atoms with Crippen molar-refractivity contribution in [2.45, 2.75) is 107 Å². The number of hydrogen-bond donors (Lipinski definition) is 0. The van der Waals surface area contributed by atoms with Crippen molar-refractivity contribution in [3.8, 4) is 56.5 Å². The van der Waals surface area contributed by atoms with Crippen LogP contribution in [0.25, 0.3) is 62.1 Å². The Morgan fingerprint density at radius 1 is 0.750 bits per heavy atom. The molecule has 0 aliphatic heterocycles. The molecule has 1 aliphatic rings. The van der Waals surface area contributed by atoms with Crippen molar-refractivity contribution in [1.82, 2.24) is 14.1 Å². The van der Waals surface area contributed by atoms with Gasteiger partial charge in [-0.05, 0) is 93.2 Å². The summed E-state index contributed by atoms with van der Waals surface area (Å²) >= 11 is 0. The van der Waals surface area contributed by atoms with Crippen molar-refractivity contribution in [2.75, 3.05) is 0 Å². The van der Waals surface area contributed by atoms with Gasteiger partial charge in [0.2, 0.25) is 0 Å². The molecule has 0 saturated heterocycles. The van der Waals surface area contributed by atoms with Crippen LogP contribution in [-0.4, -0.2) is 14.1 Å². The number of nitrogens with zero attached hydrogens (tertiary/aromatic N) is 4. The predicted molar refractivity (Wildman–Crippen MR) is 258 cm³/mol. The van der Waals surface area contributed by atoms with Crippen molar-refractivity contribution < 1.29 is 4.57 Å². The zero-order valence-electron chi connectivity index (χ0n) is 38.9. The van der Waals surface area contributed by atoms with Crippen LogP contribution in [0.4, 0.5) is 0 Å².